The number of rotatable bonds is 6. The highest BCUT2D eigenvalue weighted by atomic mass is 35.5. The van der Waals surface area contributed by atoms with E-state index in [0.29, 0.717) is 24.5 Å². The monoisotopic (exact) mass is 502 g/mol. The smallest absolute Gasteiger partial charge is 0.243 e. The van der Waals surface area contributed by atoms with Gasteiger partial charge in [-0.15, -0.1) is 0 Å². The standard InChI is InChI=1S/C29H27ClN2O2S/c30-28-14-8-7-13-27(28)24-17-15-23(16-18-24)21-31-19-20-32(29(22-31)25-9-3-1-4-10-25)35(33,34)26-11-5-2-6-12-26/h1-18,29H,19-22H2. The van der Waals surface area contributed by atoms with Crippen LogP contribution in [0.25, 0.3) is 11.1 Å². The van der Waals surface area contributed by atoms with Crippen molar-refractivity contribution < 1.29 is 8.42 Å². The molecule has 1 fully saturated rings. The summed E-state index contributed by atoms with van der Waals surface area (Å²) in [6, 6.07) is 34.7. The predicted molar refractivity (Wildman–Crippen MR) is 142 cm³/mol. The van der Waals surface area contributed by atoms with Crippen molar-refractivity contribution in [2.24, 2.45) is 0 Å². The Hall–Kier alpha value is -2.96. The van der Waals surface area contributed by atoms with Gasteiger partial charge >= 0.3 is 0 Å². The molecule has 0 saturated carbocycles. The Bertz CT molecular complexity index is 1380. The molecule has 6 heteroatoms. The molecule has 1 heterocycles. The van der Waals surface area contributed by atoms with Gasteiger partial charge in [-0.05, 0) is 34.9 Å². The minimum atomic E-state index is -3.60. The van der Waals surface area contributed by atoms with Crippen LogP contribution in [0, 0.1) is 0 Å². The first kappa shape index (κ1) is 23.8. The molecule has 1 unspecified atom stereocenters. The Balaban J connectivity index is 1.37. The second-order valence-electron chi connectivity index (χ2n) is 8.77. The average molecular weight is 503 g/mol. The van der Waals surface area contributed by atoms with E-state index in [1.807, 2.05) is 60.7 Å². The van der Waals surface area contributed by atoms with Crippen LogP contribution in [0.4, 0.5) is 0 Å². The normalized spacial score (nSPS) is 17.3. The molecule has 5 rings (SSSR count). The highest BCUT2D eigenvalue weighted by molar-refractivity contribution is 7.89. The molecule has 1 aliphatic heterocycles. The van der Waals surface area contributed by atoms with Crippen molar-refractivity contribution in [3.05, 3.63) is 125 Å². The summed E-state index contributed by atoms with van der Waals surface area (Å²) in [6.07, 6.45) is 0. The first-order chi connectivity index (χ1) is 17.0. The van der Waals surface area contributed by atoms with Crippen LogP contribution in [-0.2, 0) is 16.6 Å². The van der Waals surface area contributed by atoms with Crippen molar-refractivity contribution in [2.75, 3.05) is 19.6 Å². The van der Waals surface area contributed by atoms with Gasteiger partial charge in [0.15, 0.2) is 0 Å². The summed E-state index contributed by atoms with van der Waals surface area (Å²) in [7, 11) is -3.60. The van der Waals surface area contributed by atoms with Gasteiger partial charge in [0.1, 0.15) is 0 Å². The van der Waals surface area contributed by atoms with Gasteiger partial charge in [-0.25, -0.2) is 8.42 Å². The molecule has 4 nitrogen and oxygen atoms in total. The molecule has 0 aromatic heterocycles. The quantitative estimate of drug-likeness (QED) is 0.312. The Morgan fingerprint density at radius 3 is 2.06 bits per heavy atom. The fourth-order valence-corrected chi connectivity index (χ4v) is 6.53. The van der Waals surface area contributed by atoms with Gasteiger partial charge in [-0.1, -0.05) is 103 Å². The van der Waals surface area contributed by atoms with E-state index in [9.17, 15) is 8.42 Å². The number of hydrogen-bond acceptors (Lipinski definition) is 3. The molecule has 1 aliphatic rings. The van der Waals surface area contributed by atoms with E-state index in [1.165, 1.54) is 5.56 Å². The fraction of sp³-hybridized carbons (Fsp3) is 0.172. The van der Waals surface area contributed by atoms with E-state index in [1.54, 1.807) is 28.6 Å². The van der Waals surface area contributed by atoms with E-state index in [2.05, 4.69) is 29.2 Å². The fourth-order valence-electron chi connectivity index (χ4n) is 4.67. The Morgan fingerprint density at radius 1 is 0.743 bits per heavy atom. The molecule has 1 atom stereocenters. The lowest BCUT2D eigenvalue weighted by Crippen LogP contribution is -2.50. The van der Waals surface area contributed by atoms with Crippen LogP contribution >= 0.6 is 11.6 Å². The largest absolute Gasteiger partial charge is 0.296 e. The molecule has 0 amide bonds. The van der Waals surface area contributed by atoms with Crippen LogP contribution in [0.1, 0.15) is 17.2 Å². The molecular weight excluding hydrogens is 476 g/mol. The SMILES string of the molecule is O=S(=O)(c1ccccc1)N1CCN(Cc2ccc(-c3ccccc3Cl)cc2)CC1c1ccccc1. The van der Waals surface area contributed by atoms with Gasteiger partial charge in [0.2, 0.25) is 10.0 Å². The Kier molecular flexibility index (Phi) is 7.02. The van der Waals surface area contributed by atoms with E-state index in [4.69, 9.17) is 11.6 Å². The van der Waals surface area contributed by atoms with Crippen LogP contribution in [0.15, 0.2) is 114 Å². The molecule has 1 saturated heterocycles. The van der Waals surface area contributed by atoms with Crippen molar-refractivity contribution in [1.82, 2.24) is 9.21 Å². The van der Waals surface area contributed by atoms with Gasteiger partial charge in [0.05, 0.1) is 10.9 Å². The first-order valence-electron chi connectivity index (χ1n) is 11.7. The number of nitrogens with zero attached hydrogens (tertiary/aromatic N) is 2. The summed E-state index contributed by atoms with van der Waals surface area (Å²) < 4.78 is 28.7. The third-order valence-electron chi connectivity index (χ3n) is 6.49. The molecule has 4 aromatic carbocycles. The number of piperazine rings is 1. The topological polar surface area (TPSA) is 40.6 Å². The van der Waals surface area contributed by atoms with Crippen molar-refractivity contribution in [3.63, 3.8) is 0 Å². The van der Waals surface area contributed by atoms with Crippen molar-refractivity contribution in [2.45, 2.75) is 17.5 Å². The minimum absolute atomic E-state index is 0.252. The molecule has 0 radical (unpaired) electrons. The minimum Gasteiger partial charge on any atom is -0.296 e. The molecule has 0 spiro atoms. The highest BCUT2D eigenvalue weighted by Gasteiger charge is 2.36. The van der Waals surface area contributed by atoms with Crippen LogP contribution < -0.4 is 0 Å². The summed E-state index contributed by atoms with van der Waals surface area (Å²) in [5.74, 6) is 0. The molecular formula is C29H27ClN2O2S. The zero-order chi connectivity index (χ0) is 24.3. The molecule has 0 N–H and O–H groups in total. The second kappa shape index (κ2) is 10.3. The lowest BCUT2D eigenvalue weighted by molar-refractivity contribution is 0.129. The van der Waals surface area contributed by atoms with Gasteiger partial charge in [0.25, 0.3) is 0 Å². The van der Waals surface area contributed by atoms with Crippen LogP contribution in [0.2, 0.25) is 5.02 Å². The summed E-state index contributed by atoms with van der Waals surface area (Å²) in [5.41, 5.74) is 4.29. The van der Waals surface area contributed by atoms with E-state index >= 15 is 0 Å². The summed E-state index contributed by atoms with van der Waals surface area (Å²) in [4.78, 5) is 2.67. The van der Waals surface area contributed by atoms with Crippen LogP contribution in [-0.4, -0.2) is 37.3 Å². The van der Waals surface area contributed by atoms with Gasteiger partial charge in [-0.2, -0.15) is 4.31 Å². The molecule has 4 aromatic rings. The highest BCUT2D eigenvalue weighted by Crippen LogP contribution is 2.32. The number of sulfonamides is 1. The number of hydrogen-bond donors (Lipinski definition) is 0. The molecule has 0 bridgehead atoms. The number of benzene rings is 4. The third-order valence-corrected chi connectivity index (χ3v) is 8.75. The zero-order valence-corrected chi connectivity index (χ0v) is 20.9. The molecule has 0 aliphatic carbocycles. The average Bonchev–Trinajstić information content (AvgIpc) is 2.90. The Morgan fingerprint density at radius 2 is 1.37 bits per heavy atom. The maximum Gasteiger partial charge on any atom is 0.243 e. The Labute approximate surface area is 212 Å². The van der Waals surface area contributed by atoms with E-state index in [-0.39, 0.29) is 6.04 Å². The predicted octanol–water partition coefficient (Wildman–Crippen LogP) is 6.25. The third kappa shape index (κ3) is 5.19. The first-order valence-corrected chi connectivity index (χ1v) is 13.5. The van der Waals surface area contributed by atoms with E-state index in [0.717, 1.165) is 28.3 Å². The van der Waals surface area contributed by atoms with Crippen LogP contribution in [0.5, 0.6) is 0 Å². The van der Waals surface area contributed by atoms with E-state index < -0.39 is 10.0 Å². The second-order valence-corrected chi connectivity index (χ2v) is 11.1. The van der Waals surface area contributed by atoms with Crippen molar-refractivity contribution >= 4 is 21.6 Å². The zero-order valence-electron chi connectivity index (χ0n) is 19.3. The summed E-state index contributed by atoms with van der Waals surface area (Å²) >= 11 is 6.36. The lowest BCUT2D eigenvalue weighted by Gasteiger charge is -2.41. The summed E-state index contributed by atoms with van der Waals surface area (Å²) in [6.45, 7) is 2.49. The maximum absolute atomic E-state index is 13.5. The van der Waals surface area contributed by atoms with Crippen LogP contribution in [0.3, 0.4) is 0 Å². The van der Waals surface area contributed by atoms with Crippen molar-refractivity contribution in [1.29, 1.82) is 0 Å². The van der Waals surface area contributed by atoms with Gasteiger partial charge < -0.3 is 0 Å². The summed E-state index contributed by atoms with van der Waals surface area (Å²) in [5, 5.41) is 0.738. The molecule has 178 valence electrons. The van der Waals surface area contributed by atoms with Gasteiger partial charge in [0, 0.05) is 36.8 Å². The van der Waals surface area contributed by atoms with Crippen molar-refractivity contribution in [3.8, 4) is 11.1 Å². The maximum atomic E-state index is 13.5. The van der Waals surface area contributed by atoms with Gasteiger partial charge in [-0.3, -0.25) is 4.90 Å². The lowest BCUT2D eigenvalue weighted by atomic mass is 10.0. The molecule has 35 heavy (non-hydrogen) atoms. The number of halogens is 1.